The van der Waals surface area contributed by atoms with Crippen LogP contribution in [0.5, 0.6) is 5.75 Å². The molecule has 1 unspecified atom stereocenters. The van der Waals surface area contributed by atoms with Crippen molar-refractivity contribution in [1.82, 2.24) is 0 Å². The highest BCUT2D eigenvalue weighted by Gasteiger charge is 2.12. The number of hydrogen-bond donors (Lipinski definition) is 3. The summed E-state index contributed by atoms with van der Waals surface area (Å²) in [5.74, 6) is 0.771. The molecule has 4 N–H and O–H groups in total. The van der Waals surface area contributed by atoms with Gasteiger partial charge in [-0.25, -0.2) is 0 Å². The molecule has 28 heavy (non-hydrogen) atoms. The van der Waals surface area contributed by atoms with E-state index in [-0.39, 0.29) is 6.61 Å². The first kappa shape index (κ1) is 19.9. The van der Waals surface area contributed by atoms with Gasteiger partial charge < -0.3 is 20.9 Å². The van der Waals surface area contributed by atoms with Gasteiger partial charge in [0.25, 0.3) is 0 Å². The number of amides is 1. The van der Waals surface area contributed by atoms with Crippen LogP contribution >= 0.6 is 0 Å². The SMILES string of the molecule is N[C@@H](CO)C(=O)Nc1ccc(OCCc2cccc(C3C=CC=CC3)c2)cc1. The lowest BCUT2D eigenvalue weighted by molar-refractivity contribution is -0.118. The number of nitrogens with two attached hydrogens (primary N) is 1. The molecule has 0 radical (unpaired) electrons. The van der Waals surface area contributed by atoms with E-state index < -0.39 is 11.9 Å². The molecule has 0 bridgehead atoms. The highest BCUT2D eigenvalue weighted by atomic mass is 16.5. The van der Waals surface area contributed by atoms with Crippen molar-refractivity contribution in [3.05, 3.63) is 84.0 Å². The molecular weight excluding hydrogens is 352 g/mol. The van der Waals surface area contributed by atoms with Gasteiger partial charge in [0.05, 0.1) is 13.2 Å². The third-order valence-electron chi connectivity index (χ3n) is 4.67. The Morgan fingerprint density at radius 2 is 2.04 bits per heavy atom. The Balaban J connectivity index is 1.49. The first-order valence-electron chi connectivity index (χ1n) is 9.48. The van der Waals surface area contributed by atoms with Crippen molar-refractivity contribution in [2.75, 3.05) is 18.5 Å². The van der Waals surface area contributed by atoms with Crippen molar-refractivity contribution in [3.63, 3.8) is 0 Å². The molecule has 1 amide bonds. The number of aliphatic hydroxyl groups excluding tert-OH is 1. The number of carbonyl (C=O) groups excluding carboxylic acids is 1. The molecule has 0 fully saturated rings. The summed E-state index contributed by atoms with van der Waals surface area (Å²) in [6.07, 6.45) is 10.5. The number of anilines is 1. The third-order valence-corrected chi connectivity index (χ3v) is 4.67. The molecule has 3 rings (SSSR count). The Morgan fingerprint density at radius 1 is 1.21 bits per heavy atom. The molecule has 0 aliphatic heterocycles. The molecule has 2 aromatic carbocycles. The smallest absolute Gasteiger partial charge is 0.243 e. The summed E-state index contributed by atoms with van der Waals surface area (Å²) in [6, 6.07) is 14.8. The Bertz CT molecular complexity index is 843. The number of aliphatic hydroxyl groups is 1. The van der Waals surface area contributed by atoms with Gasteiger partial charge in [0, 0.05) is 18.0 Å². The minimum absolute atomic E-state index is 0.387. The van der Waals surface area contributed by atoms with Crippen LogP contribution in [-0.2, 0) is 11.2 Å². The van der Waals surface area contributed by atoms with Gasteiger partial charge in [0.2, 0.25) is 5.91 Å². The average Bonchev–Trinajstić information content (AvgIpc) is 2.75. The number of nitrogens with one attached hydrogen (secondary N) is 1. The van der Waals surface area contributed by atoms with Crippen LogP contribution in [0.1, 0.15) is 23.5 Å². The lowest BCUT2D eigenvalue weighted by Crippen LogP contribution is -2.38. The van der Waals surface area contributed by atoms with Crippen LogP contribution in [-0.4, -0.2) is 30.3 Å². The molecule has 146 valence electrons. The quantitative estimate of drug-likeness (QED) is 0.659. The normalized spacial score (nSPS) is 16.6. The van der Waals surface area contributed by atoms with E-state index in [9.17, 15) is 4.79 Å². The summed E-state index contributed by atoms with van der Waals surface area (Å²) < 4.78 is 5.82. The van der Waals surface area contributed by atoms with E-state index in [1.165, 1.54) is 11.1 Å². The van der Waals surface area contributed by atoms with Crippen LogP contribution < -0.4 is 15.8 Å². The minimum Gasteiger partial charge on any atom is -0.493 e. The third kappa shape index (κ3) is 5.55. The molecule has 1 aliphatic rings. The second-order valence-electron chi connectivity index (χ2n) is 6.80. The first-order chi connectivity index (χ1) is 13.7. The lowest BCUT2D eigenvalue weighted by Gasteiger charge is -2.15. The summed E-state index contributed by atoms with van der Waals surface area (Å²) >= 11 is 0. The maximum atomic E-state index is 11.7. The van der Waals surface area contributed by atoms with E-state index >= 15 is 0 Å². The standard InChI is InChI=1S/C23H26N2O3/c24-22(16-26)23(27)25-20-9-11-21(12-10-20)28-14-13-17-5-4-8-19(15-17)18-6-2-1-3-7-18/h1-6,8-12,15,18,22,26H,7,13-14,16,24H2,(H,25,27)/t18?,22-/m0/s1. The van der Waals surface area contributed by atoms with Gasteiger partial charge in [-0.05, 0) is 41.8 Å². The van der Waals surface area contributed by atoms with Crippen molar-refractivity contribution in [1.29, 1.82) is 0 Å². The summed E-state index contributed by atoms with van der Waals surface area (Å²) in [5.41, 5.74) is 8.68. The van der Waals surface area contributed by atoms with Crippen molar-refractivity contribution < 1.29 is 14.6 Å². The van der Waals surface area contributed by atoms with Crippen LogP contribution in [0.4, 0.5) is 5.69 Å². The van der Waals surface area contributed by atoms with Gasteiger partial charge in [-0.3, -0.25) is 4.79 Å². The molecule has 5 heteroatoms. The summed E-state index contributed by atoms with van der Waals surface area (Å²) in [5, 5.41) is 11.5. The fourth-order valence-corrected chi connectivity index (χ4v) is 3.05. The van der Waals surface area contributed by atoms with Gasteiger partial charge in [-0.2, -0.15) is 0 Å². The van der Waals surface area contributed by atoms with E-state index in [0.717, 1.165) is 18.6 Å². The molecule has 0 heterocycles. The van der Waals surface area contributed by atoms with E-state index in [4.69, 9.17) is 15.6 Å². The Labute approximate surface area is 165 Å². The minimum atomic E-state index is -0.924. The highest BCUT2D eigenvalue weighted by Crippen LogP contribution is 2.25. The molecule has 1 aliphatic carbocycles. The van der Waals surface area contributed by atoms with Crippen LogP contribution in [0.3, 0.4) is 0 Å². The molecular formula is C23H26N2O3. The van der Waals surface area contributed by atoms with Gasteiger partial charge >= 0.3 is 0 Å². The van der Waals surface area contributed by atoms with E-state index in [1.54, 1.807) is 24.3 Å². The first-order valence-corrected chi connectivity index (χ1v) is 9.48. The Kier molecular flexibility index (Phi) is 7.00. The van der Waals surface area contributed by atoms with E-state index in [1.807, 2.05) is 0 Å². The molecule has 2 aromatic rings. The van der Waals surface area contributed by atoms with Crippen LogP contribution in [0.25, 0.3) is 0 Å². The predicted molar refractivity (Wildman–Crippen MR) is 111 cm³/mol. The van der Waals surface area contributed by atoms with Gasteiger partial charge in [0.15, 0.2) is 0 Å². The van der Waals surface area contributed by atoms with E-state index in [2.05, 4.69) is 53.9 Å². The van der Waals surface area contributed by atoms with Gasteiger partial charge in [0.1, 0.15) is 11.8 Å². The summed E-state index contributed by atoms with van der Waals surface area (Å²) in [6.45, 7) is 0.187. The fourth-order valence-electron chi connectivity index (χ4n) is 3.05. The highest BCUT2D eigenvalue weighted by molar-refractivity contribution is 5.94. The average molecular weight is 378 g/mol. The number of carbonyl (C=O) groups is 1. The molecule has 2 atom stereocenters. The number of allylic oxidation sites excluding steroid dienone is 4. The van der Waals surface area contributed by atoms with Crippen molar-refractivity contribution in [2.24, 2.45) is 5.73 Å². The van der Waals surface area contributed by atoms with E-state index in [0.29, 0.717) is 18.2 Å². The van der Waals surface area contributed by atoms with Crippen molar-refractivity contribution in [3.8, 4) is 5.75 Å². The fraction of sp³-hybridized carbons (Fsp3) is 0.261. The van der Waals surface area contributed by atoms with Gasteiger partial charge in [-0.15, -0.1) is 0 Å². The van der Waals surface area contributed by atoms with Crippen LogP contribution in [0.2, 0.25) is 0 Å². The number of ether oxygens (including phenoxy) is 1. The van der Waals surface area contributed by atoms with Gasteiger partial charge in [-0.1, -0.05) is 48.6 Å². The largest absolute Gasteiger partial charge is 0.493 e. The maximum absolute atomic E-state index is 11.7. The molecule has 0 spiro atoms. The zero-order valence-electron chi connectivity index (χ0n) is 15.8. The number of benzene rings is 2. The molecule has 0 saturated heterocycles. The lowest BCUT2D eigenvalue weighted by atomic mass is 9.91. The monoisotopic (exact) mass is 378 g/mol. The van der Waals surface area contributed by atoms with Crippen LogP contribution in [0.15, 0.2) is 72.8 Å². The molecule has 5 nitrogen and oxygen atoms in total. The molecule has 0 aromatic heterocycles. The maximum Gasteiger partial charge on any atom is 0.243 e. The predicted octanol–water partition coefficient (Wildman–Crippen LogP) is 3.17. The zero-order valence-corrected chi connectivity index (χ0v) is 15.8. The number of hydrogen-bond acceptors (Lipinski definition) is 4. The van der Waals surface area contributed by atoms with Crippen LogP contribution in [0, 0.1) is 0 Å². The van der Waals surface area contributed by atoms with Crippen molar-refractivity contribution >= 4 is 11.6 Å². The Hall–Kier alpha value is -2.89. The summed E-state index contributed by atoms with van der Waals surface area (Å²) in [4.78, 5) is 11.7. The Morgan fingerprint density at radius 3 is 2.75 bits per heavy atom. The molecule has 0 saturated carbocycles. The topological polar surface area (TPSA) is 84.6 Å². The van der Waals surface area contributed by atoms with Crippen molar-refractivity contribution in [2.45, 2.75) is 24.8 Å². The second-order valence-corrected chi connectivity index (χ2v) is 6.80. The summed E-state index contributed by atoms with van der Waals surface area (Å²) in [7, 11) is 0. The number of rotatable bonds is 8. The zero-order chi connectivity index (χ0) is 19.8. The second kappa shape index (κ2) is 9.88.